The molecule has 73 valence electrons. The SMILES string of the molecule is [c]1ccc2c(n1)Cc1ccccc1CC2. The highest BCUT2D eigenvalue weighted by Crippen LogP contribution is 2.22. The first-order valence-electron chi connectivity index (χ1n) is 5.35. The number of fused-ring (bicyclic) bond motifs is 2. The van der Waals surface area contributed by atoms with Crippen LogP contribution in [0.3, 0.4) is 0 Å². The van der Waals surface area contributed by atoms with Crippen molar-refractivity contribution in [2.45, 2.75) is 19.3 Å². The summed E-state index contributed by atoms with van der Waals surface area (Å²) in [5.74, 6) is 0. The molecule has 1 aromatic heterocycles. The topological polar surface area (TPSA) is 12.9 Å². The Morgan fingerprint density at radius 3 is 2.67 bits per heavy atom. The third-order valence-corrected chi connectivity index (χ3v) is 3.07. The molecule has 0 amide bonds. The summed E-state index contributed by atoms with van der Waals surface area (Å²) in [5.41, 5.74) is 5.46. The van der Waals surface area contributed by atoms with Crippen molar-refractivity contribution in [3.8, 4) is 0 Å². The van der Waals surface area contributed by atoms with Crippen LogP contribution >= 0.6 is 0 Å². The van der Waals surface area contributed by atoms with Gasteiger partial charge in [-0.1, -0.05) is 30.3 Å². The quantitative estimate of drug-likeness (QED) is 0.628. The van der Waals surface area contributed by atoms with Crippen LogP contribution in [0.4, 0.5) is 0 Å². The highest BCUT2D eigenvalue weighted by atomic mass is 14.7. The number of hydrogen-bond acceptors (Lipinski definition) is 1. The van der Waals surface area contributed by atoms with Gasteiger partial charge in [0.25, 0.3) is 0 Å². The van der Waals surface area contributed by atoms with Crippen molar-refractivity contribution in [1.29, 1.82) is 0 Å². The second-order valence-electron chi connectivity index (χ2n) is 3.99. The van der Waals surface area contributed by atoms with Gasteiger partial charge in [-0.2, -0.15) is 0 Å². The summed E-state index contributed by atoms with van der Waals surface area (Å²) < 4.78 is 0. The molecule has 0 aliphatic heterocycles. The molecule has 1 heterocycles. The largest absolute Gasteiger partial charge is 0.251 e. The minimum atomic E-state index is 0.961. The first-order chi connectivity index (χ1) is 7.43. The predicted octanol–water partition coefficient (Wildman–Crippen LogP) is 2.57. The van der Waals surface area contributed by atoms with Gasteiger partial charge in [-0.15, -0.1) is 0 Å². The Labute approximate surface area is 89.8 Å². The minimum absolute atomic E-state index is 0.961. The summed E-state index contributed by atoms with van der Waals surface area (Å²) in [5, 5.41) is 0. The van der Waals surface area contributed by atoms with Gasteiger partial charge >= 0.3 is 0 Å². The van der Waals surface area contributed by atoms with E-state index in [0.717, 1.165) is 19.3 Å². The van der Waals surface area contributed by atoms with Gasteiger partial charge in [0, 0.05) is 12.1 Å². The molecule has 15 heavy (non-hydrogen) atoms. The summed E-state index contributed by atoms with van der Waals surface area (Å²) in [6, 6.07) is 12.7. The van der Waals surface area contributed by atoms with Crippen molar-refractivity contribution < 1.29 is 0 Å². The summed E-state index contributed by atoms with van der Waals surface area (Å²) in [4.78, 5) is 4.35. The first kappa shape index (κ1) is 8.66. The van der Waals surface area contributed by atoms with E-state index in [4.69, 9.17) is 0 Å². The zero-order valence-corrected chi connectivity index (χ0v) is 8.53. The van der Waals surface area contributed by atoms with Crippen molar-refractivity contribution in [3.63, 3.8) is 0 Å². The van der Waals surface area contributed by atoms with E-state index in [1.807, 2.05) is 6.07 Å². The molecule has 1 aliphatic carbocycles. The summed E-state index contributed by atoms with van der Waals surface area (Å²) >= 11 is 0. The smallest absolute Gasteiger partial charge is 0.0889 e. The second-order valence-corrected chi connectivity index (χ2v) is 3.99. The standard InChI is InChI=1S/C14H12N/c1-2-5-13-10-14-12(6-3-9-15-14)8-7-11(13)4-1/h1-6H,7-8,10H2. The van der Waals surface area contributed by atoms with E-state index in [-0.39, 0.29) is 0 Å². The van der Waals surface area contributed by atoms with Gasteiger partial charge in [0.05, 0.1) is 6.20 Å². The normalized spacial score (nSPS) is 13.9. The highest BCUT2D eigenvalue weighted by molar-refractivity contribution is 5.36. The molecule has 3 rings (SSSR count). The van der Waals surface area contributed by atoms with Crippen LogP contribution < -0.4 is 0 Å². The number of aryl methyl sites for hydroxylation is 2. The van der Waals surface area contributed by atoms with Crippen molar-refractivity contribution in [1.82, 2.24) is 4.98 Å². The van der Waals surface area contributed by atoms with Crippen LogP contribution in [0.15, 0.2) is 36.4 Å². The van der Waals surface area contributed by atoms with E-state index < -0.39 is 0 Å². The minimum Gasteiger partial charge on any atom is -0.251 e. The number of rotatable bonds is 0. The van der Waals surface area contributed by atoms with Gasteiger partial charge in [-0.25, -0.2) is 0 Å². The molecule has 0 atom stereocenters. The number of aromatic nitrogens is 1. The summed E-state index contributed by atoms with van der Waals surface area (Å²) in [6.45, 7) is 0. The number of benzene rings is 1. The van der Waals surface area contributed by atoms with E-state index in [0.29, 0.717) is 0 Å². The Kier molecular flexibility index (Phi) is 2.02. The van der Waals surface area contributed by atoms with Crippen molar-refractivity contribution in [3.05, 3.63) is 65.0 Å². The zero-order valence-electron chi connectivity index (χ0n) is 8.53. The van der Waals surface area contributed by atoms with E-state index in [2.05, 4.69) is 41.5 Å². The average molecular weight is 194 g/mol. The molecule has 0 fully saturated rings. The molecule has 1 nitrogen and oxygen atoms in total. The second kappa shape index (κ2) is 3.50. The Morgan fingerprint density at radius 1 is 0.933 bits per heavy atom. The number of pyridine rings is 1. The Hall–Kier alpha value is -1.63. The molecule has 2 aromatic rings. The van der Waals surface area contributed by atoms with Crippen LogP contribution in [0.5, 0.6) is 0 Å². The number of nitrogens with zero attached hydrogens (tertiary/aromatic N) is 1. The predicted molar refractivity (Wildman–Crippen MR) is 59.7 cm³/mol. The lowest BCUT2D eigenvalue weighted by Gasteiger charge is -2.03. The molecule has 0 spiro atoms. The molecule has 0 saturated carbocycles. The van der Waals surface area contributed by atoms with E-state index in [9.17, 15) is 0 Å². The lowest BCUT2D eigenvalue weighted by atomic mass is 10.0. The van der Waals surface area contributed by atoms with Gasteiger partial charge in [0.15, 0.2) is 0 Å². The third-order valence-electron chi connectivity index (χ3n) is 3.07. The van der Waals surface area contributed by atoms with Crippen LogP contribution in [0.1, 0.15) is 22.4 Å². The van der Waals surface area contributed by atoms with Gasteiger partial charge in [-0.05, 0) is 35.6 Å². The van der Waals surface area contributed by atoms with Gasteiger partial charge < -0.3 is 0 Å². The third kappa shape index (κ3) is 1.54. The summed E-state index contributed by atoms with van der Waals surface area (Å²) in [6.07, 6.45) is 6.13. The molecule has 1 radical (unpaired) electrons. The Balaban J connectivity index is 2.10. The fraction of sp³-hybridized carbons (Fsp3) is 0.214. The lowest BCUT2D eigenvalue weighted by Crippen LogP contribution is -1.95. The Bertz CT molecular complexity index is 443. The van der Waals surface area contributed by atoms with Crippen molar-refractivity contribution in [2.75, 3.05) is 0 Å². The molecular formula is C14H12N. The maximum absolute atomic E-state index is 4.35. The zero-order chi connectivity index (χ0) is 10.1. The molecule has 1 aliphatic rings. The molecule has 0 N–H and O–H groups in total. The molecular weight excluding hydrogens is 182 g/mol. The van der Waals surface area contributed by atoms with Gasteiger partial charge in [0.1, 0.15) is 0 Å². The number of hydrogen-bond donors (Lipinski definition) is 0. The Morgan fingerprint density at radius 2 is 1.73 bits per heavy atom. The van der Waals surface area contributed by atoms with Crippen LogP contribution in [-0.4, -0.2) is 4.98 Å². The van der Waals surface area contributed by atoms with Crippen LogP contribution in [-0.2, 0) is 19.3 Å². The molecule has 1 aromatic carbocycles. The lowest BCUT2D eigenvalue weighted by molar-refractivity contribution is 0.951. The van der Waals surface area contributed by atoms with Crippen molar-refractivity contribution in [2.24, 2.45) is 0 Å². The molecule has 1 heteroatoms. The van der Waals surface area contributed by atoms with E-state index in [1.54, 1.807) is 0 Å². The fourth-order valence-corrected chi connectivity index (χ4v) is 2.23. The fourth-order valence-electron chi connectivity index (χ4n) is 2.23. The monoisotopic (exact) mass is 194 g/mol. The van der Waals surface area contributed by atoms with Gasteiger partial charge in [0.2, 0.25) is 0 Å². The van der Waals surface area contributed by atoms with Crippen LogP contribution in [0, 0.1) is 6.20 Å². The molecule has 0 bridgehead atoms. The maximum Gasteiger partial charge on any atom is 0.0889 e. The van der Waals surface area contributed by atoms with E-state index in [1.165, 1.54) is 22.4 Å². The maximum atomic E-state index is 4.35. The van der Waals surface area contributed by atoms with E-state index >= 15 is 0 Å². The first-order valence-corrected chi connectivity index (χ1v) is 5.35. The molecule has 0 unspecified atom stereocenters. The summed E-state index contributed by atoms with van der Waals surface area (Å²) in [7, 11) is 0. The van der Waals surface area contributed by atoms with Crippen molar-refractivity contribution >= 4 is 0 Å². The molecule has 0 saturated heterocycles. The average Bonchev–Trinajstić information content (AvgIpc) is 2.48. The van der Waals surface area contributed by atoms with Gasteiger partial charge in [-0.3, -0.25) is 4.98 Å². The van der Waals surface area contributed by atoms with Crippen LogP contribution in [0.25, 0.3) is 0 Å². The highest BCUT2D eigenvalue weighted by Gasteiger charge is 2.12. The van der Waals surface area contributed by atoms with Crippen LogP contribution in [0.2, 0.25) is 0 Å².